The fraction of sp³-hybridized carbons (Fsp3) is 0.364. The highest BCUT2D eigenvalue weighted by molar-refractivity contribution is 7.22. The number of hydrogen-bond acceptors (Lipinski definition) is 4. The highest BCUT2D eigenvalue weighted by Gasteiger charge is 2.24. The van der Waals surface area contributed by atoms with Gasteiger partial charge in [0.15, 0.2) is 5.13 Å². The predicted molar refractivity (Wildman–Crippen MR) is 113 cm³/mol. The molecular weight excluding hydrogens is 354 g/mol. The molecule has 0 saturated carbocycles. The van der Waals surface area contributed by atoms with Crippen LogP contribution < -0.4 is 4.90 Å². The minimum Gasteiger partial charge on any atom is -0.345 e. The van der Waals surface area contributed by atoms with Crippen LogP contribution in [0.25, 0.3) is 10.2 Å². The van der Waals surface area contributed by atoms with E-state index in [1.165, 1.54) is 21.4 Å². The zero-order valence-corrected chi connectivity index (χ0v) is 17.0. The topological polar surface area (TPSA) is 36.4 Å². The van der Waals surface area contributed by atoms with Crippen molar-refractivity contribution >= 4 is 32.6 Å². The molecule has 3 aromatic rings. The van der Waals surface area contributed by atoms with Crippen molar-refractivity contribution < 1.29 is 4.79 Å². The van der Waals surface area contributed by atoms with Crippen LogP contribution in [0.4, 0.5) is 5.13 Å². The van der Waals surface area contributed by atoms with Gasteiger partial charge in [0.2, 0.25) is 0 Å². The number of hydrogen-bond donors (Lipinski definition) is 0. The van der Waals surface area contributed by atoms with E-state index in [1.807, 2.05) is 23.1 Å². The highest BCUT2D eigenvalue weighted by atomic mass is 32.1. The van der Waals surface area contributed by atoms with Crippen molar-refractivity contribution in [2.45, 2.75) is 27.2 Å². The fourth-order valence-corrected chi connectivity index (χ4v) is 4.64. The molecule has 0 unspecified atom stereocenters. The zero-order valence-electron chi connectivity index (χ0n) is 16.2. The maximum Gasteiger partial charge on any atom is 0.253 e. The molecule has 140 valence electrons. The maximum absolute atomic E-state index is 12.8. The van der Waals surface area contributed by atoms with Crippen LogP contribution in [-0.2, 0) is 6.42 Å². The summed E-state index contributed by atoms with van der Waals surface area (Å²) in [4.78, 5) is 22.0. The lowest BCUT2D eigenvalue weighted by Crippen LogP contribution is -2.48. The van der Waals surface area contributed by atoms with Crippen molar-refractivity contribution in [3.05, 3.63) is 58.7 Å². The lowest BCUT2D eigenvalue weighted by atomic mass is 10.1. The highest BCUT2D eigenvalue weighted by Crippen LogP contribution is 2.31. The Morgan fingerprint density at radius 1 is 1.07 bits per heavy atom. The number of aryl methyl sites for hydroxylation is 3. The number of amides is 1. The number of carbonyl (C=O) groups excluding carboxylic acids is 1. The van der Waals surface area contributed by atoms with E-state index in [0.29, 0.717) is 0 Å². The van der Waals surface area contributed by atoms with Gasteiger partial charge in [-0.05, 0) is 55.2 Å². The molecule has 0 spiro atoms. The van der Waals surface area contributed by atoms with Crippen LogP contribution in [0.3, 0.4) is 0 Å². The van der Waals surface area contributed by atoms with E-state index in [1.54, 1.807) is 11.3 Å². The van der Waals surface area contributed by atoms with Gasteiger partial charge in [-0.1, -0.05) is 36.5 Å². The molecule has 4 nitrogen and oxygen atoms in total. The zero-order chi connectivity index (χ0) is 19.0. The number of fused-ring (bicyclic) bond motifs is 1. The number of para-hydroxylation sites is 1. The van der Waals surface area contributed by atoms with Crippen molar-refractivity contribution in [3.63, 3.8) is 0 Å². The van der Waals surface area contributed by atoms with Gasteiger partial charge in [-0.2, -0.15) is 0 Å². The van der Waals surface area contributed by atoms with E-state index in [4.69, 9.17) is 4.98 Å². The third-order valence-electron chi connectivity index (χ3n) is 5.46. The Balaban J connectivity index is 1.47. The minimum absolute atomic E-state index is 0.135. The molecular formula is C22H25N3OS. The standard InChI is InChI=1S/C22H25N3OS/c1-4-17-6-5-7-19-20(17)23-22(27-19)25-12-10-24(11-13-25)21(26)18-9-8-15(2)16(3)14-18/h5-9,14H,4,10-13H2,1-3H3. The number of piperazine rings is 1. The van der Waals surface area contributed by atoms with E-state index >= 15 is 0 Å². The second kappa shape index (κ2) is 7.31. The van der Waals surface area contributed by atoms with Crippen LogP contribution in [-0.4, -0.2) is 42.0 Å². The summed E-state index contributed by atoms with van der Waals surface area (Å²) < 4.78 is 1.25. The summed E-state index contributed by atoms with van der Waals surface area (Å²) in [5.74, 6) is 0.135. The van der Waals surface area contributed by atoms with Crippen LogP contribution in [0, 0.1) is 13.8 Å². The Bertz CT molecular complexity index is 986. The lowest BCUT2D eigenvalue weighted by Gasteiger charge is -2.34. The molecule has 0 bridgehead atoms. The molecule has 0 N–H and O–H groups in total. The number of benzene rings is 2. The molecule has 1 amide bonds. The van der Waals surface area contributed by atoms with Crippen LogP contribution in [0.2, 0.25) is 0 Å². The van der Waals surface area contributed by atoms with Gasteiger partial charge in [-0.3, -0.25) is 4.79 Å². The molecule has 5 heteroatoms. The van der Waals surface area contributed by atoms with Gasteiger partial charge in [0.25, 0.3) is 5.91 Å². The molecule has 0 radical (unpaired) electrons. The van der Waals surface area contributed by atoms with Gasteiger partial charge in [-0.25, -0.2) is 4.98 Å². The number of carbonyl (C=O) groups is 1. The third kappa shape index (κ3) is 3.44. The van der Waals surface area contributed by atoms with Crippen molar-refractivity contribution in [1.82, 2.24) is 9.88 Å². The number of nitrogens with zero attached hydrogens (tertiary/aromatic N) is 3. The quantitative estimate of drug-likeness (QED) is 0.675. The average Bonchev–Trinajstić information content (AvgIpc) is 3.14. The van der Waals surface area contributed by atoms with E-state index < -0.39 is 0 Å². The average molecular weight is 380 g/mol. The number of rotatable bonds is 3. The molecule has 2 heterocycles. The molecule has 1 fully saturated rings. The Labute approximate surface area is 164 Å². The van der Waals surface area contributed by atoms with Crippen molar-refractivity contribution in [2.24, 2.45) is 0 Å². The summed E-state index contributed by atoms with van der Waals surface area (Å²) >= 11 is 1.75. The first-order valence-corrected chi connectivity index (χ1v) is 10.4. The molecule has 0 atom stereocenters. The van der Waals surface area contributed by atoms with Crippen molar-refractivity contribution in [1.29, 1.82) is 0 Å². The predicted octanol–water partition coefficient (Wildman–Crippen LogP) is 4.44. The largest absolute Gasteiger partial charge is 0.345 e. The number of aromatic nitrogens is 1. The summed E-state index contributed by atoms with van der Waals surface area (Å²) in [6, 6.07) is 12.4. The van der Waals surface area contributed by atoms with Crippen molar-refractivity contribution in [2.75, 3.05) is 31.1 Å². The Morgan fingerprint density at radius 2 is 1.85 bits per heavy atom. The van der Waals surface area contributed by atoms with E-state index in [-0.39, 0.29) is 5.91 Å². The normalized spacial score (nSPS) is 14.8. The molecule has 1 aromatic heterocycles. The molecule has 2 aromatic carbocycles. The maximum atomic E-state index is 12.8. The number of anilines is 1. The third-order valence-corrected chi connectivity index (χ3v) is 6.54. The molecule has 4 rings (SSSR count). The second-order valence-electron chi connectivity index (χ2n) is 7.19. The molecule has 1 aliphatic heterocycles. The van der Waals surface area contributed by atoms with E-state index in [0.717, 1.165) is 48.8 Å². The minimum atomic E-state index is 0.135. The molecule has 0 aliphatic carbocycles. The first-order chi connectivity index (χ1) is 13.1. The molecule has 27 heavy (non-hydrogen) atoms. The molecule has 1 saturated heterocycles. The first kappa shape index (κ1) is 18.0. The SMILES string of the molecule is CCc1cccc2sc(N3CCN(C(=O)c4ccc(C)c(C)c4)CC3)nc12. The van der Waals surface area contributed by atoms with Crippen molar-refractivity contribution in [3.8, 4) is 0 Å². The van der Waals surface area contributed by atoms with Gasteiger partial charge < -0.3 is 9.80 Å². The fourth-order valence-electron chi connectivity index (χ4n) is 3.57. The van der Waals surface area contributed by atoms with Crippen LogP contribution >= 0.6 is 11.3 Å². The van der Waals surface area contributed by atoms with E-state index in [2.05, 4.69) is 43.9 Å². The Hall–Kier alpha value is -2.40. The summed E-state index contributed by atoms with van der Waals surface area (Å²) in [5, 5.41) is 1.07. The summed E-state index contributed by atoms with van der Waals surface area (Å²) in [6.45, 7) is 9.44. The lowest BCUT2D eigenvalue weighted by molar-refractivity contribution is 0.0746. The summed E-state index contributed by atoms with van der Waals surface area (Å²) in [5.41, 5.74) is 5.62. The number of thiazole rings is 1. The monoisotopic (exact) mass is 379 g/mol. The molecule has 1 aliphatic rings. The van der Waals surface area contributed by atoms with Gasteiger partial charge in [0.1, 0.15) is 0 Å². The first-order valence-electron chi connectivity index (χ1n) is 9.56. The van der Waals surface area contributed by atoms with Crippen LogP contribution in [0.1, 0.15) is 34.0 Å². The van der Waals surface area contributed by atoms with Gasteiger partial charge in [0.05, 0.1) is 10.2 Å². The Kier molecular flexibility index (Phi) is 4.87. The van der Waals surface area contributed by atoms with E-state index in [9.17, 15) is 4.79 Å². The summed E-state index contributed by atoms with van der Waals surface area (Å²) in [7, 11) is 0. The smallest absolute Gasteiger partial charge is 0.253 e. The van der Waals surface area contributed by atoms with Gasteiger partial charge in [-0.15, -0.1) is 0 Å². The van der Waals surface area contributed by atoms with Gasteiger partial charge >= 0.3 is 0 Å². The van der Waals surface area contributed by atoms with Crippen LogP contribution in [0.15, 0.2) is 36.4 Å². The van der Waals surface area contributed by atoms with Gasteiger partial charge in [0, 0.05) is 31.7 Å². The van der Waals surface area contributed by atoms with Crippen LogP contribution in [0.5, 0.6) is 0 Å². The second-order valence-corrected chi connectivity index (χ2v) is 8.20. The Morgan fingerprint density at radius 3 is 2.56 bits per heavy atom. The summed E-state index contributed by atoms with van der Waals surface area (Å²) in [6.07, 6.45) is 0.999.